The lowest BCUT2D eigenvalue weighted by molar-refractivity contribution is -0.130. The van der Waals surface area contributed by atoms with Crippen molar-refractivity contribution >= 4 is 21.6 Å². The van der Waals surface area contributed by atoms with Crippen LogP contribution in [0.1, 0.15) is 24.0 Å². The van der Waals surface area contributed by atoms with Crippen molar-refractivity contribution in [2.24, 2.45) is 0 Å². The zero-order chi connectivity index (χ0) is 21.7. The first-order valence-electron chi connectivity index (χ1n) is 10.4. The lowest BCUT2D eigenvalue weighted by Gasteiger charge is -2.26. The highest BCUT2D eigenvalue weighted by atomic mass is 32.2. The highest BCUT2D eigenvalue weighted by Gasteiger charge is 2.27. The van der Waals surface area contributed by atoms with Gasteiger partial charge in [-0.3, -0.25) is 9.10 Å². The molecule has 1 amide bonds. The minimum atomic E-state index is -3.77. The van der Waals surface area contributed by atoms with Crippen LogP contribution in [0.4, 0.5) is 5.69 Å². The molecule has 1 heterocycles. The molecule has 162 valence electrons. The smallest absolute Gasteiger partial charge is 0.264 e. The van der Waals surface area contributed by atoms with Crippen molar-refractivity contribution in [2.45, 2.75) is 31.6 Å². The maximum Gasteiger partial charge on any atom is 0.264 e. The molecular formula is C23H31N3O3S. The molecule has 1 aliphatic heterocycles. The molecule has 0 aromatic heterocycles. The van der Waals surface area contributed by atoms with Crippen LogP contribution >= 0.6 is 0 Å². The Hall–Kier alpha value is -2.38. The predicted molar refractivity (Wildman–Crippen MR) is 120 cm³/mol. The maximum absolute atomic E-state index is 13.4. The zero-order valence-corrected chi connectivity index (χ0v) is 18.9. The zero-order valence-electron chi connectivity index (χ0n) is 18.0. The Labute approximate surface area is 180 Å². The van der Waals surface area contributed by atoms with Gasteiger partial charge in [0.2, 0.25) is 5.91 Å². The number of aryl methyl sites for hydroxylation is 2. The van der Waals surface area contributed by atoms with Gasteiger partial charge in [0, 0.05) is 32.6 Å². The number of rotatable bonds is 6. The van der Waals surface area contributed by atoms with Gasteiger partial charge in [-0.1, -0.05) is 35.4 Å². The normalized spacial score (nSPS) is 15.6. The first-order chi connectivity index (χ1) is 14.3. The molecule has 6 nitrogen and oxygen atoms in total. The third-order valence-electron chi connectivity index (χ3n) is 5.53. The van der Waals surface area contributed by atoms with Gasteiger partial charge in [-0.05, 0) is 58.1 Å². The number of hydrogen-bond donors (Lipinski definition) is 0. The molecule has 0 spiro atoms. The van der Waals surface area contributed by atoms with Crippen LogP contribution in [0.15, 0.2) is 53.4 Å². The fourth-order valence-electron chi connectivity index (χ4n) is 3.59. The number of benzene rings is 2. The molecule has 1 aliphatic rings. The van der Waals surface area contributed by atoms with E-state index in [1.165, 1.54) is 4.31 Å². The van der Waals surface area contributed by atoms with Crippen molar-refractivity contribution in [3.8, 4) is 0 Å². The second-order valence-electron chi connectivity index (χ2n) is 8.01. The largest absolute Gasteiger partial charge is 0.341 e. The van der Waals surface area contributed by atoms with E-state index in [1.54, 1.807) is 36.4 Å². The van der Waals surface area contributed by atoms with Gasteiger partial charge in [-0.2, -0.15) is 0 Å². The molecule has 0 bridgehead atoms. The van der Waals surface area contributed by atoms with Gasteiger partial charge in [0.05, 0.1) is 10.6 Å². The van der Waals surface area contributed by atoms with E-state index in [0.717, 1.165) is 37.2 Å². The fraction of sp³-hybridized carbons (Fsp3) is 0.435. The van der Waals surface area contributed by atoms with Gasteiger partial charge >= 0.3 is 0 Å². The lowest BCUT2D eigenvalue weighted by atomic mass is 10.2. The van der Waals surface area contributed by atoms with Crippen molar-refractivity contribution in [1.29, 1.82) is 0 Å². The maximum atomic E-state index is 13.4. The molecule has 0 saturated carbocycles. The monoisotopic (exact) mass is 429 g/mol. The highest BCUT2D eigenvalue weighted by molar-refractivity contribution is 7.92. The summed E-state index contributed by atoms with van der Waals surface area (Å²) >= 11 is 0. The van der Waals surface area contributed by atoms with Crippen molar-refractivity contribution in [2.75, 3.05) is 44.1 Å². The molecule has 2 aromatic rings. The van der Waals surface area contributed by atoms with Crippen LogP contribution in [0.2, 0.25) is 0 Å². The Kier molecular flexibility index (Phi) is 7.15. The van der Waals surface area contributed by atoms with E-state index in [2.05, 4.69) is 11.9 Å². The molecule has 0 unspecified atom stereocenters. The highest BCUT2D eigenvalue weighted by Crippen LogP contribution is 2.25. The molecule has 1 saturated heterocycles. The standard InChI is InChI=1S/C23H31N3O3S/c1-19-5-9-21(10-6-19)26(30(28,29)22-11-7-20(2)8-12-22)16-13-23(27)25-15-4-14-24(3)17-18-25/h5-12H,4,13-18H2,1-3H3. The SMILES string of the molecule is Cc1ccc(N(CCC(=O)N2CCCN(C)CC2)S(=O)(=O)c2ccc(C)cc2)cc1. The summed E-state index contributed by atoms with van der Waals surface area (Å²) in [6.45, 7) is 7.22. The molecule has 30 heavy (non-hydrogen) atoms. The number of nitrogens with zero attached hydrogens (tertiary/aromatic N) is 3. The van der Waals surface area contributed by atoms with Crippen LogP contribution in [0, 0.1) is 13.8 Å². The van der Waals surface area contributed by atoms with Crippen LogP contribution < -0.4 is 4.31 Å². The third kappa shape index (κ3) is 5.40. The Morgan fingerprint density at radius 1 is 0.900 bits per heavy atom. The first kappa shape index (κ1) is 22.3. The number of anilines is 1. The fourth-order valence-corrected chi connectivity index (χ4v) is 5.05. The van der Waals surface area contributed by atoms with Crippen LogP contribution in [-0.2, 0) is 14.8 Å². The first-order valence-corrected chi connectivity index (χ1v) is 11.8. The molecule has 0 aliphatic carbocycles. The summed E-state index contributed by atoms with van der Waals surface area (Å²) in [7, 11) is -1.71. The molecule has 3 rings (SSSR count). The van der Waals surface area contributed by atoms with E-state index in [4.69, 9.17) is 0 Å². The summed E-state index contributed by atoms with van der Waals surface area (Å²) in [5, 5.41) is 0. The number of carbonyl (C=O) groups excluding carboxylic acids is 1. The van der Waals surface area contributed by atoms with E-state index >= 15 is 0 Å². The van der Waals surface area contributed by atoms with E-state index in [1.807, 2.05) is 30.9 Å². The van der Waals surface area contributed by atoms with Gasteiger partial charge in [-0.15, -0.1) is 0 Å². The van der Waals surface area contributed by atoms with Crippen LogP contribution in [0.25, 0.3) is 0 Å². The minimum absolute atomic E-state index is 0.00141. The second-order valence-corrected chi connectivity index (χ2v) is 9.88. The molecule has 0 N–H and O–H groups in total. The molecule has 0 radical (unpaired) electrons. The van der Waals surface area contributed by atoms with Crippen molar-refractivity contribution in [3.05, 3.63) is 59.7 Å². The van der Waals surface area contributed by atoms with Crippen LogP contribution in [0.5, 0.6) is 0 Å². The predicted octanol–water partition coefficient (Wildman–Crippen LogP) is 3.05. The van der Waals surface area contributed by atoms with Crippen molar-refractivity contribution < 1.29 is 13.2 Å². The van der Waals surface area contributed by atoms with E-state index in [0.29, 0.717) is 12.2 Å². The Balaban J connectivity index is 1.82. The Bertz CT molecular complexity index is 956. The molecular weight excluding hydrogens is 398 g/mol. The molecule has 7 heteroatoms. The van der Waals surface area contributed by atoms with E-state index < -0.39 is 10.0 Å². The quantitative estimate of drug-likeness (QED) is 0.708. The van der Waals surface area contributed by atoms with Gasteiger partial charge in [-0.25, -0.2) is 8.42 Å². The Morgan fingerprint density at radius 3 is 2.13 bits per heavy atom. The number of carbonyl (C=O) groups is 1. The summed E-state index contributed by atoms with van der Waals surface area (Å²) in [6, 6.07) is 14.2. The topological polar surface area (TPSA) is 60.9 Å². The number of hydrogen-bond acceptors (Lipinski definition) is 4. The summed E-state index contributed by atoms with van der Waals surface area (Å²) < 4.78 is 28.2. The minimum Gasteiger partial charge on any atom is -0.341 e. The summed E-state index contributed by atoms with van der Waals surface area (Å²) in [4.78, 5) is 17.1. The van der Waals surface area contributed by atoms with E-state index in [9.17, 15) is 13.2 Å². The average molecular weight is 430 g/mol. The number of amides is 1. The molecule has 1 fully saturated rings. The van der Waals surface area contributed by atoms with Gasteiger partial charge < -0.3 is 9.80 Å². The van der Waals surface area contributed by atoms with Gasteiger partial charge in [0.1, 0.15) is 0 Å². The van der Waals surface area contributed by atoms with Crippen molar-refractivity contribution in [1.82, 2.24) is 9.80 Å². The summed E-state index contributed by atoms with van der Waals surface area (Å²) in [5.41, 5.74) is 2.62. The van der Waals surface area contributed by atoms with Crippen molar-refractivity contribution in [3.63, 3.8) is 0 Å². The van der Waals surface area contributed by atoms with E-state index in [-0.39, 0.29) is 23.8 Å². The van der Waals surface area contributed by atoms with Crippen LogP contribution in [-0.4, -0.2) is 63.9 Å². The van der Waals surface area contributed by atoms with Gasteiger partial charge in [0.25, 0.3) is 10.0 Å². The van der Waals surface area contributed by atoms with Gasteiger partial charge in [0.15, 0.2) is 0 Å². The lowest BCUT2D eigenvalue weighted by Crippen LogP contribution is -2.38. The number of sulfonamides is 1. The summed E-state index contributed by atoms with van der Waals surface area (Å²) in [5.74, 6) is 0.00141. The molecule has 2 aromatic carbocycles. The summed E-state index contributed by atoms with van der Waals surface area (Å²) in [6.07, 6.45) is 1.09. The van der Waals surface area contributed by atoms with Crippen LogP contribution in [0.3, 0.4) is 0 Å². The Morgan fingerprint density at radius 2 is 1.50 bits per heavy atom. The molecule has 0 atom stereocenters. The second kappa shape index (κ2) is 9.62. The number of likely N-dealkylation sites (N-methyl/N-ethyl adjacent to an activating group) is 1. The average Bonchev–Trinajstić information content (AvgIpc) is 2.94. The third-order valence-corrected chi connectivity index (χ3v) is 7.37.